The highest BCUT2D eigenvalue weighted by Gasteiger charge is 2.14. The quantitative estimate of drug-likeness (QED) is 0.757. The van der Waals surface area contributed by atoms with Gasteiger partial charge >= 0.3 is 0 Å². The fourth-order valence-corrected chi connectivity index (χ4v) is 2.09. The van der Waals surface area contributed by atoms with Crippen LogP contribution in [0.3, 0.4) is 0 Å². The van der Waals surface area contributed by atoms with Crippen LogP contribution in [0.25, 0.3) is 11.3 Å². The van der Waals surface area contributed by atoms with Gasteiger partial charge in [-0.1, -0.05) is 16.8 Å². The number of benzene rings is 2. The standard InChI is InChI=1S/C16H10ClFN2O3/c17-12-7-10(3-6-13(12)18)19-16(22)14-8-15(23-20-14)9-1-4-11(21)5-2-9/h1-8,21H,(H,19,22). The molecule has 0 aliphatic heterocycles. The number of amides is 1. The molecule has 0 unspecified atom stereocenters. The number of halogens is 2. The first-order chi connectivity index (χ1) is 11.0. The molecule has 0 aliphatic rings. The van der Waals surface area contributed by atoms with E-state index in [1.54, 1.807) is 12.1 Å². The van der Waals surface area contributed by atoms with Gasteiger partial charge in [-0.3, -0.25) is 4.79 Å². The number of anilines is 1. The van der Waals surface area contributed by atoms with E-state index in [1.807, 2.05) is 0 Å². The van der Waals surface area contributed by atoms with Crippen molar-refractivity contribution in [2.75, 3.05) is 5.32 Å². The van der Waals surface area contributed by atoms with E-state index in [1.165, 1.54) is 30.3 Å². The molecule has 23 heavy (non-hydrogen) atoms. The predicted octanol–water partition coefficient (Wildman–Crippen LogP) is 4.09. The number of carbonyl (C=O) groups is 1. The molecule has 2 aromatic carbocycles. The zero-order valence-electron chi connectivity index (χ0n) is 11.6. The molecule has 5 nitrogen and oxygen atoms in total. The van der Waals surface area contributed by atoms with Crippen molar-refractivity contribution in [1.82, 2.24) is 5.16 Å². The van der Waals surface area contributed by atoms with Gasteiger partial charge in [0.05, 0.1) is 5.02 Å². The SMILES string of the molecule is O=C(Nc1ccc(F)c(Cl)c1)c1cc(-c2ccc(O)cc2)on1. The highest BCUT2D eigenvalue weighted by molar-refractivity contribution is 6.31. The number of hydrogen-bond donors (Lipinski definition) is 2. The summed E-state index contributed by atoms with van der Waals surface area (Å²) in [5.41, 5.74) is 1.07. The van der Waals surface area contributed by atoms with E-state index in [0.717, 1.165) is 6.07 Å². The van der Waals surface area contributed by atoms with Gasteiger partial charge in [-0.05, 0) is 42.5 Å². The Morgan fingerprint density at radius 1 is 1.17 bits per heavy atom. The summed E-state index contributed by atoms with van der Waals surface area (Å²) in [6, 6.07) is 11.6. The third-order valence-electron chi connectivity index (χ3n) is 3.07. The molecule has 3 rings (SSSR count). The van der Waals surface area contributed by atoms with E-state index in [0.29, 0.717) is 17.0 Å². The molecule has 2 N–H and O–H groups in total. The van der Waals surface area contributed by atoms with E-state index in [-0.39, 0.29) is 16.5 Å². The van der Waals surface area contributed by atoms with Crippen molar-refractivity contribution < 1.29 is 18.8 Å². The second kappa shape index (κ2) is 6.10. The van der Waals surface area contributed by atoms with Gasteiger partial charge in [0.15, 0.2) is 11.5 Å². The maximum Gasteiger partial charge on any atom is 0.277 e. The minimum Gasteiger partial charge on any atom is -0.508 e. The molecule has 0 radical (unpaired) electrons. The Morgan fingerprint density at radius 2 is 1.91 bits per heavy atom. The lowest BCUT2D eigenvalue weighted by Gasteiger charge is -2.03. The summed E-state index contributed by atoms with van der Waals surface area (Å²) in [6.07, 6.45) is 0. The smallest absolute Gasteiger partial charge is 0.277 e. The number of aromatic hydroxyl groups is 1. The van der Waals surface area contributed by atoms with Gasteiger partial charge in [0.1, 0.15) is 11.6 Å². The average Bonchev–Trinajstić information content (AvgIpc) is 3.02. The van der Waals surface area contributed by atoms with Crippen LogP contribution in [0.2, 0.25) is 5.02 Å². The molecule has 0 bridgehead atoms. The van der Waals surface area contributed by atoms with E-state index in [9.17, 15) is 14.3 Å². The van der Waals surface area contributed by atoms with Crippen LogP contribution in [0.15, 0.2) is 53.1 Å². The van der Waals surface area contributed by atoms with Crippen molar-refractivity contribution in [3.63, 3.8) is 0 Å². The van der Waals surface area contributed by atoms with Gasteiger partial charge in [-0.2, -0.15) is 0 Å². The third kappa shape index (κ3) is 3.32. The Balaban J connectivity index is 1.78. The lowest BCUT2D eigenvalue weighted by Crippen LogP contribution is -2.12. The number of nitrogens with one attached hydrogen (secondary N) is 1. The van der Waals surface area contributed by atoms with E-state index < -0.39 is 11.7 Å². The Labute approximate surface area is 135 Å². The van der Waals surface area contributed by atoms with Crippen molar-refractivity contribution in [3.05, 3.63) is 65.1 Å². The molecule has 1 aromatic heterocycles. The Morgan fingerprint density at radius 3 is 2.61 bits per heavy atom. The van der Waals surface area contributed by atoms with E-state index in [2.05, 4.69) is 10.5 Å². The van der Waals surface area contributed by atoms with Crippen molar-refractivity contribution in [2.45, 2.75) is 0 Å². The van der Waals surface area contributed by atoms with Gasteiger partial charge < -0.3 is 14.9 Å². The average molecular weight is 333 g/mol. The summed E-state index contributed by atoms with van der Waals surface area (Å²) in [5, 5.41) is 15.4. The zero-order valence-corrected chi connectivity index (χ0v) is 12.3. The summed E-state index contributed by atoms with van der Waals surface area (Å²) in [7, 11) is 0. The fourth-order valence-electron chi connectivity index (χ4n) is 1.91. The van der Waals surface area contributed by atoms with Gasteiger partial charge in [-0.25, -0.2) is 4.39 Å². The summed E-state index contributed by atoms with van der Waals surface area (Å²) >= 11 is 5.66. The van der Waals surface area contributed by atoms with Gasteiger partial charge in [-0.15, -0.1) is 0 Å². The lowest BCUT2D eigenvalue weighted by atomic mass is 10.1. The molecule has 7 heteroatoms. The van der Waals surface area contributed by atoms with Crippen LogP contribution in [0, 0.1) is 5.82 Å². The fraction of sp³-hybridized carbons (Fsp3) is 0. The minimum atomic E-state index is -0.569. The molecule has 1 amide bonds. The predicted molar refractivity (Wildman–Crippen MR) is 83.0 cm³/mol. The molecule has 0 saturated heterocycles. The van der Waals surface area contributed by atoms with Crippen LogP contribution < -0.4 is 5.32 Å². The van der Waals surface area contributed by atoms with Crippen LogP contribution in [-0.2, 0) is 0 Å². The number of carbonyl (C=O) groups excluding carboxylic acids is 1. The van der Waals surface area contributed by atoms with Crippen LogP contribution in [-0.4, -0.2) is 16.2 Å². The molecule has 1 heterocycles. The molecule has 0 spiro atoms. The molecule has 0 saturated carbocycles. The third-order valence-corrected chi connectivity index (χ3v) is 3.36. The van der Waals surface area contributed by atoms with E-state index in [4.69, 9.17) is 16.1 Å². The van der Waals surface area contributed by atoms with Crippen LogP contribution in [0.5, 0.6) is 5.75 Å². The molecule has 3 aromatic rings. The highest BCUT2D eigenvalue weighted by atomic mass is 35.5. The van der Waals surface area contributed by atoms with Crippen molar-refractivity contribution in [2.24, 2.45) is 0 Å². The normalized spacial score (nSPS) is 10.5. The van der Waals surface area contributed by atoms with Crippen molar-refractivity contribution in [3.8, 4) is 17.1 Å². The minimum absolute atomic E-state index is 0.0634. The number of rotatable bonds is 3. The summed E-state index contributed by atoms with van der Waals surface area (Å²) in [5.74, 6) is -0.575. The molecule has 0 atom stereocenters. The highest BCUT2D eigenvalue weighted by Crippen LogP contribution is 2.24. The van der Waals surface area contributed by atoms with E-state index >= 15 is 0 Å². The summed E-state index contributed by atoms with van der Waals surface area (Å²) < 4.78 is 18.2. The number of phenolic OH excluding ortho intramolecular Hbond substituents is 1. The summed E-state index contributed by atoms with van der Waals surface area (Å²) in [4.78, 5) is 12.1. The first kappa shape index (κ1) is 15.1. The van der Waals surface area contributed by atoms with Gasteiger partial charge in [0.25, 0.3) is 5.91 Å². The Bertz CT molecular complexity index is 862. The summed E-state index contributed by atoms with van der Waals surface area (Å²) in [6.45, 7) is 0. The molecule has 0 aliphatic carbocycles. The Kier molecular flexibility index (Phi) is 3.99. The monoisotopic (exact) mass is 332 g/mol. The molecular formula is C16H10ClFN2O3. The first-order valence-corrected chi connectivity index (χ1v) is 6.93. The Hall–Kier alpha value is -2.86. The second-order valence-corrected chi connectivity index (χ2v) is 5.11. The molecule has 0 fully saturated rings. The van der Waals surface area contributed by atoms with Crippen LogP contribution in [0.4, 0.5) is 10.1 Å². The maximum atomic E-state index is 13.1. The van der Waals surface area contributed by atoms with Gasteiger partial charge in [0.2, 0.25) is 0 Å². The van der Waals surface area contributed by atoms with Crippen LogP contribution >= 0.6 is 11.6 Å². The van der Waals surface area contributed by atoms with Crippen molar-refractivity contribution in [1.29, 1.82) is 0 Å². The first-order valence-electron chi connectivity index (χ1n) is 6.55. The number of hydrogen-bond acceptors (Lipinski definition) is 4. The number of nitrogens with zero attached hydrogens (tertiary/aromatic N) is 1. The largest absolute Gasteiger partial charge is 0.508 e. The second-order valence-electron chi connectivity index (χ2n) is 4.71. The zero-order chi connectivity index (χ0) is 16.4. The maximum absolute atomic E-state index is 13.1. The van der Waals surface area contributed by atoms with Crippen molar-refractivity contribution >= 4 is 23.2 Å². The van der Waals surface area contributed by atoms with Gasteiger partial charge in [0, 0.05) is 17.3 Å². The number of phenols is 1. The number of aromatic nitrogens is 1. The molecular weight excluding hydrogens is 323 g/mol. The molecule has 116 valence electrons. The topological polar surface area (TPSA) is 75.4 Å². The van der Waals surface area contributed by atoms with Crippen LogP contribution in [0.1, 0.15) is 10.5 Å². The lowest BCUT2D eigenvalue weighted by molar-refractivity contribution is 0.101.